The molecular weight excluding hydrogens is 567 g/mol. The number of thiazole rings is 1. The van der Waals surface area contributed by atoms with E-state index >= 15 is 0 Å². The molecular formula is C30H26F3N5O3S. The fourth-order valence-electron chi connectivity index (χ4n) is 5.29. The number of ether oxygens (including phenoxy) is 2. The number of nitrogens with zero attached hydrogens (tertiary/aromatic N) is 3. The predicted octanol–water partition coefficient (Wildman–Crippen LogP) is 6.42. The van der Waals surface area contributed by atoms with E-state index in [2.05, 4.69) is 10.3 Å². The summed E-state index contributed by atoms with van der Waals surface area (Å²) in [5.74, 6) is 0.0956. The molecule has 3 aromatic heterocycles. The van der Waals surface area contributed by atoms with Gasteiger partial charge in [-0.25, -0.2) is 9.97 Å². The summed E-state index contributed by atoms with van der Waals surface area (Å²) in [6.07, 6.45) is -2.01. The van der Waals surface area contributed by atoms with Crippen molar-refractivity contribution < 1.29 is 27.4 Å². The first-order chi connectivity index (χ1) is 20.2. The van der Waals surface area contributed by atoms with E-state index < -0.39 is 17.3 Å². The Morgan fingerprint density at radius 2 is 1.83 bits per heavy atom. The highest BCUT2D eigenvalue weighted by atomic mass is 32.1. The average Bonchev–Trinajstić information content (AvgIpc) is 3.64. The van der Waals surface area contributed by atoms with Gasteiger partial charge in [0.05, 0.1) is 23.9 Å². The van der Waals surface area contributed by atoms with Gasteiger partial charge in [-0.05, 0) is 48.7 Å². The van der Waals surface area contributed by atoms with Gasteiger partial charge in [0.25, 0.3) is 5.91 Å². The molecule has 0 spiro atoms. The number of anilines is 2. The van der Waals surface area contributed by atoms with Crippen molar-refractivity contribution in [1.29, 1.82) is 0 Å². The molecule has 0 atom stereocenters. The van der Waals surface area contributed by atoms with Crippen LogP contribution in [0.5, 0.6) is 5.75 Å². The fraction of sp³-hybridized carbons (Fsp3) is 0.233. The SMILES string of the molecule is COc1ccn2c(-c3csc(C4(c5ccc(C(=O)Nc6ccccc6N)cc5)CCOCC4)n3)c(C(F)(F)F)nc2c1. The zero-order chi connectivity index (χ0) is 29.5. The first kappa shape index (κ1) is 27.7. The van der Waals surface area contributed by atoms with Gasteiger partial charge in [-0.15, -0.1) is 11.3 Å². The van der Waals surface area contributed by atoms with Crippen molar-refractivity contribution in [2.24, 2.45) is 0 Å². The molecule has 0 radical (unpaired) electrons. The molecule has 42 heavy (non-hydrogen) atoms. The maximum absolute atomic E-state index is 14.1. The van der Waals surface area contributed by atoms with Gasteiger partial charge in [0.1, 0.15) is 27.8 Å². The number of methoxy groups -OCH3 is 1. The lowest BCUT2D eigenvalue weighted by Gasteiger charge is -2.36. The third-order valence-corrected chi connectivity index (χ3v) is 8.56. The topological polar surface area (TPSA) is 104 Å². The summed E-state index contributed by atoms with van der Waals surface area (Å²) < 4.78 is 54.6. The number of pyridine rings is 1. The molecule has 0 bridgehead atoms. The van der Waals surface area contributed by atoms with Crippen LogP contribution in [-0.4, -0.2) is 40.6 Å². The van der Waals surface area contributed by atoms with Crippen molar-refractivity contribution in [2.45, 2.75) is 24.4 Å². The Morgan fingerprint density at radius 3 is 2.52 bits per heavy atom. The van der Waals surface area contributed by atoms with Crippen LogP contribution in [0.2, 0.25) is 0 Å². The van der Waals surface area contributed by atoms with E-state index in [-0.39, 0.29) is 22.9 Å². The highest BCUT2D eigenvalue weighted by Gasteiger charge is 2.42. The van der Waals surface area contributed by atoms with Crippen LogP contribution in [0, 0.1) is 0 Å². The summed E-state index contributed by atoms with van der Waals surface area (Å²) >= 11 is 1.30. The second-order valence-electron chi connectivity index (χ2n) is 9.95. The van der Waals surface area contributed by atoms with Crippen molar-refractivity contribution >= 4 is 34.3 Å². The number of rotatable bonds is 6. The highest BCUT2D eigenvalue weighted by Crippen LogP contribution is 2.45. The van der Waals surface area contributed by atoms with Crippen LogP contribution in [0.25, 0.3) is 17.0 Å². The number of para-hydroxylation sites is 2. The largest absolute Gasteiger partial charge is 0.497 e. The zero-order valence-corrected chi connectivity index (χ0v) is 23.3. The molecule has 3 N–H and O–H groups in total. The van der Waals surface area contributed by atoms with Crippen molar-refractivity contribution in [3.63, 3.8) is 0 Å². The van der Waals surface area contributed by atoms with E-state index in [1.54, 1.807) is 47.8 Å². The number of hydrogen-bond acceptors (Lipinski definition) is 7. The Labute approximate surface area is 242 Å². The van der Waals surface area contributed by atoms with E-state index in [1.807, 2.05) is 12.1 Å². The van der Waals surface area contributed by atoms with Gasteiger partial charge in [0.2, 0.25) is 0 Å². The summed E-state index contributed by atoms with van der Waals surface area (Å²) in [6.45, 7) is 0.932. The van der Waals surface area contributed by atoms with Gasteiger partial charge < -0.3 is 20.5 Å². The summed E-state index contributed by atoms with van der Waals surface area (Å²) in [6, 6.07) is 17.2. The molecule has 4 heterocycles. The quantitative estimate of drug-likeness (QED) is 0.220. The molecule has 0 aliphatic carbocycles. The standard InChI is InChI=1S/C30H26F3N5O3S/c1-40-20-10-13-38-24(16-20)37-26(30(31,32)33)25(38)23-17-42-28(36-23)29(11-14-41-15-12-29)19-8-6-18(7-9-19)27(39)35-22-5-3-2-4-21(22)34/h2-10,13,16-17H,11-12,14-15,34H2,1H3,(H,35,39). The van der Waals surface area contributed by atoms with Crippen LogP contribution < -0.4 is 15.8 Å². The van der Waals surface area contributed by atoms with Crippen LogP contribution in [0.1, 0.15) is 39.5 Å². The number of nitrogens with two attached hydrogens (primary N) is 1. The number of nitrogens with one attached hydrogen (secondary N) is 1. The van der Waals surface area contributed by atoms with Crippen molar-refractivity contribution in [3.05, 3.63) is 94.1 Å². The maximum Gasteiger partial charge on any atom is 0.435 e. The normalized spacial score (nSPS) is 15.0. The van der Waals surface area contributed by atoms with E-state index in [1.165, 1.54) is 35.1 Å². The Morgan fingerprint density at radius 1 is 1.10 bits per heavy atom. The van der Waals surface area contributed by atoms with E-state index in [4.69, 9.17) is 20.2 Å². The second kappa shape index (κ2) is 10.8. The molecule has 1 amide bonds. The first-order valence-corrected chi connectivity index (χ1v) is 14.0. The monoisotopic (exact) mass is 593 g/mol. The summed E-state index contributed by atoms with van der Waals surface area (Å²) in [5.41, 5.74) is 6.85. The number of nitrogen functional groups attached to an aromatic ring is 1. The Hall–Kier alpha value is -4.42. The number of hydrogen-bond donors (Lipinski definition) is 2. The van der Waals surface area contributed by atoms with Crippen LogP contribution in [0.3, 0.4) is 0 Å². The Bertz CT molecular complexity index is 1760. The van der Waals surface area contributed by atoms with Gasteiger partial charge in [-0.1, -0.05) is 24.3 Å². The molecule has 0 saturated carbocycles. The second-order valence-corrected chi connectivity index (χ2v) is 10.8. The molecule has 1 saturated heterocycles. The highest BCUT2D eigenvalue weighted by molar-refractivity contribution is 7.10. The lowest BCUT2D eigenvalue weighted by atomic mass is 9.74. The number of aromatic nitrogens is 3. The van der Waals surface area contributed by atoms with Crippen molar-refractivity contribution in [3.8, 4) is 17.1 Å². The van der Waals surface area contributed by atoms with E-state index in [0.717, 1.165) is 5.56 Å². The minimum atomic E-state index is -4.68. The smallest absolute Gasteiger partial charge is 0.435 e. The lowest BCUT2D eigenvalue weighted by molar-refractivity contribution is -0.140. The van der Waals surface area contributed by atoms with E-state index in [0.29, 0.717) is 53.8 Å². The van der Waals surface area contributed by atoms with Gasteiger partial charge in [-0.2, -0.15) is 13.2 Å². The van der Waals surface area contributed by atoms with E-state index in [9.17, 15) is 18.0 Å². The Kier molecular flexibility index (Phi) is 7.11. The number of fused-ring (bicyclic) bond motifs is 1. The predicted molar refractivity (Wildman–Crippen MR) is 154 cm³/mol. The average molecular weight is 594 g/mol. The minimum absolute atomic E-state index is 0.109. The van der Waals surface area contributed by atoms with Crippen LogP contribution in [-0.2, 0) is 16.3 Å². The number of imidazole rings is 1. The van der Waals surface area contributed by atoms with Crippen molar-refractivity contribution in [2.75, 3.05) is 31.4 Å². The first-order valence-electron chi connectivity index (χ1n) is 13.1. The van der Waals surface area contributed by atoms with Crippen LogP contribution in [0.15, 0.2) is 72.2 Å². The number of benzene rings is 2. The molecule has 1 fully saturated rings. The van der Waals surface area contributed by atoms with Gasteiger partial charge in [0.15, 0.2) is 5.69 Å². The van der Waals surface area contributed by atoms with Gasteiger partial charge in [0, 0.05) is 36.4 Å². The molecule has 12 heteroatoms. The molecule has 216 valence electrons. The summed E-state index contributed by atoms with van der Waals surface area (Å²) in [7, 11) is 1.44. The van der Waals surface area contributed by atoms with Crippen LogP contribution in [0.4, 0.5) is 24.5 Å². The number of alkyl halides is 3. The molecule has 6 rings (SSSR count). The number of carbonyl (C=O) groups excluding carboxylic acids is 1. The summed E-state index contributed by atoms with van der Waals surface area (Å²) in [4.78, 5) is 21.6. The van der Waals surface area contributed by atoms with Gasteiger partial charge in [-0.3, -0.25) is 9.20 Å². The third-order valence-electron chi connectivity index (χ3n) is 7.51. The minimum Gasteiger partial charge on any atom is -0.497 e. The fourth-order valence-corrected chi connectivity index (χ4v) is 6.38. The molecule has 1 aliphatic heterocycles. The number of halogens is 3. The molecule has 1 aliphatic rings. The van der Waals surface area contributed by atoms with Crippen molar-refractivity contribution in [1.82, 2.24) is 14.4 Å². The summed E-state index contributed by atoms with van der Waals surface area (Å²) in [5, 5.41) is 5.14. The molecule has 2 aromatic carbocycles. The lowest BCUT2D eigenvalue weighted by Crippen LogP contribution is -2.35. The maximum atomic E-state index is 14.1. The van der Waals surface area contributed by atoms with Crippen LogP contribution >= 0.6 is 11.3 Å². The third kappa shape index (κ3) is 4.96. The molecule has 8 nitrogen and oxygen atoms in total. The molecule has 0 unspecified atom stereocenters. The molecule has 5 aromatic rings. The number of carbonyl (C=O) groups is 1. The Balaban J connectivity index is 1.37. The number of amides is 1. The zero-order valence-electron chi connectivity index (χ0n) is 22.4. The van der Waals surface area contributed by atoms with Gasteiger partial charge >= 0.3 is 6.18 Å².